The van der Waals surface area contributed by atoms with Gasteiger partial charge >= 0.3 is 0 Å². The molecule has 0 bridgehead atoms. The first-order valence-corrected chi connectivity index (χ1v) is 7.68. The third-order valence-corrected chi connectivity index (χ3v) is 3.77. The van der Waals surface area contributed by atoms with E-state index >= 15 is 0 Å². The number of nitrogens with one attached hydrogen (secondary N) is 1. The van der Waals surface area contributed by atoms with Crippen LogP contribution in [-0.2, 0) is 0 Å². The molecule has 25 heavy (non-hydrogen) atoms. The summed E-state index contributed by atoms with van der Waals surface area (Å²) in [6, 6.07) is 11.8. The number of hydrogen-bond donors (Lipinski definition) is 1. The molecule has 6 heteroatoms. The Morgan fingerprint density at radius 3 is 2.40 bits per heavy atom. The molecule has 0 unspecified atom stereocenters. The Hall–Kier alpha value is -3.15. The molecule has 0 atom stereocenters. The van der Waals surface area contributed by atoms with Gasteiger partial charge < -0.3 is 14.8 Å². The van der Waals surface area contributed by atoms with E-state index in [0.29, 0.717) is 22.8 Å². The molecule has 0 saturated carbocycles. The van der Waals surface area contributed by atoms with Crippen molar-refractivity contribution in [2.24, 2.45) is 0 Å². The van der Waals surface area contributed by atoms with Crippen LogP contribution in [0.2, 0.25) is 0 Å². The minimum atomic E-state index is -0.352. The molecule has 1 aromatic heterocycles. The van der Waals surface area contributed by atoms with Crippen molar-refractivity contribution in [1.82, 2.24) is 9.97 Å². The Kier molecular flexibility index (Phi) is 4.79. The zero-order chi connectivity index (χ0) is 17.8. The molecule has 0 saturated heterocycles. The Bertz CT molecular complexity index is 900. The number of halogens is 1. The number of hydrogen-bond acceptors (Lipinski definition) is 5. The molecule has 128 valence electrons. The van der Waals surface area contributed by atoms with E-state index in [-0.39, 0.29) is 5.82 Å². The van der Waals surface area contributed by atoms with E-state index < -0.39 is 0 Å². The molecule has 1 heterocycles. The van der Waals surface area contributed by atoms with Crippen LogP contribution in [-0.4, -0.2) is 24.2 Å². The third-order valence-electron chi connectivity index (χ3n) is 3.77. The van der Waals surface area contributed by atoms with Crippen molar-refractivity contribution in [3.8, 4) is 22.8 Å². The quantitative estimate of drug-likeness (QED) is 0.749. The van der Waals surface area contributed by atoms with Crippen LogP contribution in [0.25, 0.3) is 11.3 Å². The zero-order valence-electron chi connectivity index (χ0n) is 14.2. The van der Waals surface area contributed by atoms with Crippen molar-refractivity contribution in [3.63, 3.8) is 0 Å². The average molecular weight is 339 g/mol. The van der Waals surface area contributed by atoms with Crippen molar-refractivity contribution in [2.75, 3.05) is 19.5 Å². The van der Waals surface area contributed by atoms with Crippen LogP contribution in [0.15, 0.2) is 48.8 Å². The molecular weight excluding hydrogens is 321 g/mol. The van der Waals surface area contributed by atoms with E-state index in [4.69, 9.17) is 9.47 Å². The van der Waals surface area contributed by atoms with Gasteiger partial charge in [0.15, 0.2) is 0 Å². The summed E-state index contributed by atoms with van der Waals surface area (Å²) in [4.78, 5) is 8.45. The molecule has 0 spiro atoms. The second-order valence-corrected chi connectivity index (χ2v) is 5.44. The molecule has 0 aliphatic carbocycles. The lowest BCUT2D eigenvalue weighted by molar-refractivity contribution is 0.412. The fourth-order valence-corrected chi connectivity index (χ4v) is 2.56. The van der Waals surface area contributed by atoms with Gasteiger partial charge in [-0.25, -0.2) is 14.4 Å². The zero-order valence-corrected chi connectivity index (χ0v) is 14.2. The Balaban J connectivity index is 1.92. The molecule has 0 amide bonds. The summed E-state index contributed by atoms with van der Waals surface area (Å²) in [5, 5.41) is 3.22. The van der Waals surface area contributed by atoms with E-state index in [9.17, 15) is 4.39 Å². The van der Waals surface area contributed by atoms with Crippen molar-refractivity contribution >= 4 is 11.5 Å². The van der Waals surface area contributed by atoms with Crippen LogP contribution in [0.1, 0.15) is 5.56 Å². The molecule has 0 fully saturated rings. The second kappa shape index (κ2) is 7.17. The summed E-state index contributed by atoms with van der Waals surface area (Å²) in [5.74, 6) is 1.61. The molecule has 0 aliphatic rings. The normalized spacial score (nSPS) is 10.4. The minimum Gasteiger partial charge on any atom is -0.496 e. The standard InChI is InChI=1S/C19H18FN3O2/c1-12-8-14(5-7-17(12)24-2)23-19-10-16(21-11-22-19)15-9-13(20)4-6-18(15)25-3/h4-11H,1-3H3,(H,21,22,23). The third kappa shape index (κ3) is 3.68. The summed E-state index contributed by atoms with van der Waals surface area (Å²) in [7, 11) is 3.18. The molecule has 0 radical (unpaired) electrons. The van der Waals surface area contributed by atoms with E-state index in [2.05, 4.69) is 15.3 Å². The minimum absolute atomic E-state index is 0.352. The summed E-state index contributed by atoms with van der Waals surface area (Å²) in [5.41, 5.74) is 3.01. The lowest BCUT2D eigenvalue weighted by Gasteiger charge is -2.11. The van der Waals surface area contributed by atoms with Gasteiger partial charge in [0.1, 0.15) is 29.5 Å². The van der Waals surface area contributed by atoms with Crippen LogP contribution >= 0.6 is 0 Å². The number of ether oxygens (including phenoxy) is 2. The first-order valence-electron chi connectivity index (χ1n) is 7.68. The lowest BCUT2D eigenvalue weighted by atomic mass is 10.1. The van der Waals surface area contributed by atoms with E-state index in [1.54, 1.807) is 19.2 Å². The number of aromatic nitrogens is 2. The molecule has 3 aromatic rings. The molecule has 0 aliphatic heterocycles. The smallest absolute Gasteiger partial charge is 0.134 e. The van der Waals surface area contributed by atoms with Gasteiger partial charge in [-0.3, -0.25) is 0 Å². The van der Waals surface area contributed by atoms with E-state index in [1.807, 2.05) is 25.1 Å². The van der Waals surface area contributed by atoms with Gasteiger partial charge in [0.05, 0.1) is 19.9 Å². The van der Waals surface area contributed by atoms with Crippen molar-refractivity contribution in [2.45, 2.75) is 6.92 Å². The number of nitrogens with zero attached hydrogens (tertiary/aromatic N) is 2. The maximum Gasteiger partial charge on any atom is 0.134 e. The second-order valence-electron chi connectivity index (χ2n) is 5.44. The largest absolute Gasteiger partial charge is 0.496 e. The number of anilines is 2. The molecular formula is C19H18FN3O2. The number of benzene rings is 2. The predicted octanol–water partition coefficient (Wildman–Crippen LogP) is 4.35. The number of aryl methyl sites for hydroxylation is 1. The van der Waals surface area contributed by atoms with Gasteiger partial charge in [-0.05, 0) is 48.9 Å². The summed E-state index contributed by atoms with van der Waals surface area (Å²) in [6.45, 7) is 1.97. The van der Waals surface area contributed by atoms with Crippen LogP contribution in [0, 0.1) is 12.7 Å². The number of rotatable bonds is 5. The highest BCUT2D eigenvalue weighted by atomic mass is 19.1. The van der Waals surface area contributed by atoms with Gasteiger partial charge in [0.2, 0.25) is 0 Å². The molecule has 5 nitrogen and oxygen atoms in total. The summed E-state index contributed by atoms with van der Waals surface area (Å²) >= 11 is 0. The number of methoxy groups -OCH3 is 2. The molecule has 2 aromatic carbocycles. The molecule has 3 rings (SSSR count). The monoisotopic (exact) mass is 339 g/mol. The summed E-state index contributed by atoms with van der Waals surface area (Å²) < 4.78 is 24.2. The topological polar surface area (TPSA) is 56.3 Å². The lowest BCUT2D eigenvalue weighted by Crippen LogP contribution is -1.98. The van der Waals surface area contributed by atoms with Gasteiger partial charge in [0, 0.05) is 17.3 Å². The highest BCUT2D eigenvalue weighted by molar-refractivity contribution is 5.70. The Morgan fingerprint density at radius 2 is 1.68 bits per heavy atom. The van der Waals surface area contributed by atoms with Crippen molar-refractivity contribution in [1.29, 1.82) is 0 Å². The average Bonchev–Trinajstić information content (AvgIpc) is 2.62. The van der Waals surface area contributed by atoms with Crippen LogP contribution < -0.4 is 14.8 Å². The van der Waals surface area contributed by atoms with Crippen molar-refractivity contribution in [3.05, 3.63) is 60.2 Å². The SMILES string of the molecule is COc1ccc(Nc2cc(-c3cc(F)ccc3OC)ncn2)cc1C. The Morgan fingerprint density at radius 1 is 0.920 bits per heavy atom. The fraction of sp³-hybridized carbons (Fsp3) is 0.158. The van der Waals surface area contributed by atoms with Crippen LogP contribution in [0.4, 0.5) is 15.9 Å². The fourth-order valence-electron chi connectivity index (χ4n) is 2.56. The maximum absolute atomic E-state index is 13.6. The van der Waals surface area contributed by atoms with Crippen LogP contribution in [0.5, 0.6) is 11.5 Å². The van der Waals surface area contributed by atoms with Gasteiger partial charge in [0.25, 0.3) is 0 Å². The van der Waals surface area contributed by atoms with Crippen LogP contribution in [0.3, 0.4) is 0 Å². The maximum atomic E-state index is 13.6. The predicted molar refractivity (Wildman–Crippen MR) is 95.0 cm³/mol. The highest BCUT2D eigenvalue weighted by Crippen LogP contribution is 2.31. The van der Waals surface area contributed by atoms with Crippen molar-refractivity contribution < 1.29 is 13.9 Å². The highest BCUT2D eigenvalue weighted by Gasteiger charge is 2.10. The Labute approximate surface area is 145 Å². The summed E-state index contributed by atoms with van der Waals surface area (Å²) in [6.07, 6.45) is 1.43. The first-order chi connectivity index (χ1) is 12.1. The van der Waals surface area contributed by atoms with E-state index in [1.165, 1.54) is 25.6 Å². The first kappa shape index (κ1) is 16.7. The van der Waals surface area contributed by atoms with E-state index in [0.717, 1.165) is 17.0 Å². The van der Waals surface area contributed by atoms with Gasteiger partial charge in [-0.15, -0.1) is 0 Å². The van der Waals surface area contributed by atoms with Gasteiger partial charge in [-0.1, -0.05) is 0 Å². The molecule has 1 N–H and O–H groups in total. The van der Waals surface area contributed by atoms with Gasteiger partial charge in [-0.2, -0.15) is 0 Å².